The molecule has 0 aliphatic heterocycles. The van der Waals surface area contributed by atoms with Gasteiger partial charge in [0.2, 0.25) is 0 Å². The van der Waals surface area contributed by atoms with Crippen molar-refractivity contribution in [1.82, 2.24) is 14.9 Å². The van der Waals surface area contributed by atoms with Gasteiger partial charge in [-0.05, 0) is 105 Å². The van der Waals surface area contributed by atoms with Gasteiger partial charge in [-0.2, -0.15) is 0 Å². The van der Waals surface area contributed by atoms with Crippen molar-refractivity contribution < 1.29 is 4.79 Å². The number of unbranched alkanes of at least 4 members (excludes halogenated alkanes) is 2. The molecule has 0 saturated heterocycles. The number of carbonyl (C=O) groups is 1. The molecule has 0 fully saturated rings. The second-order valence-electron chi connectivity index (χ2n) is 9.42. The van der Waals surface area contributed by atoms with E-state index in [0.29, 0.717) is 17.1 Å². The van der Waals surface area contributed by atoms with Crippen molar-refractivity contribution in [2.24, 2.45) is 0 Å². The van der Waals surface area contributed by atoms with Crippen LogP contribution < -0.4 is 5.32 Å². The molecule has 4 rings (SSSR count). The zero-order valence-electron chi connectivity index (χ0n) is 21.1. The monoisotopic (exact) mass is 487 g/mol. The lowest BCUT2D eigenvalue weighted by Crippen LogP contribution is -2.24. The number of benzene rings is 3. The van der Waals surface area contributed by atoms with Gasteiger partial charge in [0.05, 0.1) is 11.0 Å². The first-order valence-corrected chi connectivity index (χ1v) is 12.8. The summed E-state index contributed by atoms with van der Waals surface area (Å²) in [6.45, 7) is 10.4. The van der Waals surface area contributed by atoms with Crippen LogP contribution >= 0.6 is 11.6 Å². The van der Waals surface area contributed by atoms with Crippen molar-refractivity contribution in [2.75, 3.05) is 6.54 Å². The van der Waals surface area contributed by atoms with Gasteiger partial charge >= 0.3 is 0 Å². The number of hydrogen-bond donors (Lipinski definition) is 1. The Morgan fingerprint density at radius 3 is 2.31 bits per heavy atom. The highest BCUT2D eigenvalue weighted by Crippen LogP contribution is 2.26. The van der Waals surface area contributed by atoms with Crippen LogP contribution in [-0.2, 0) is 13.0 Å². The topological polar surface area (TPSA) is 46.9 Å². The first-order valence-electron chi connectivity index (χ1n) is 12.4. The summed E-state index contributed by atoms with van der Waals surface area (Å²) < 4.78 is 2.39. The quantitative estimate of drug-likeness (QED) is 0.255. The van der Waals surface area contributed by atoms with Crippen LogP contribution in [0.5, 0.6) is 0 Å². The zero-order chi connectivity index (χ0) is 24.9. The lowest BCUT2D eigenvalue weighted by Gasteiger charge is -2.18. The number of aryl methyl sites for hydroxylation is 3. The van der Waals surface area contributed by atoms with E-state index in [1.54, 1.807) is 24.3 Å². The van der Waals surface area contributed by atoms with Gasteiger partial charge in [-0.1, -0.05) is 36.2 Å². The van der Waals surface area contributed by atoms with Gasteiger partial charge in [0.25, 0.3) is 5.91 Å². The van der Waals surface area contributed by atoms with Crippen molar-refractivity contribution in [3.05, 3.63) is 98.8 Å². The normalized spacial score (nSPS) is 11.2. The molecule has 1 N–H and O–H groups in total. The summed E-state index contributed by atoms with van der Waals surface area (Å²) >= 11 is 5.90. The van der Waals surface area contributed by atoms with Crippen molar-refractivity contribution >= 4 is 28.5 Å². The second kappa shape index (κ2) is 11.1. The van der Waals surface area contributed by atoms with E-state index < -0.39 is 0 Å². The van der Waals surface area contributed by atoms with E-state index in [1.807, 2.05) is 0 Å². The lowest BCUT2D eigenvalue weighted by atomic mass is 9.94. The molecule has 0 bridgehead atoms. The van der Waals surface area contributed by atoms with Crippen molar-refractivity contribution in [3.8, 4) is 0 Å². The first kappa shape index (κ1) is 25.0. The maximum absolute atomic E-state index is 12.3. The van der Waals surface area contributed by atoms with E-state index in [0.717, 1.165) is 43.6 Å². The molecule has 4 nitrogen and oxygen atoms in total. The van der Waals surface area contributed by atoms with Gasteiger partial charge in [0, 0.05) is 30.1 Å². The molecule has 4 aromatic rings. The molecule has 1 amide bonds. The van der Waals surface area contributed by atoms with Crippen LogP contribution in [0.4, 0.5) is 0 Å². The van der Waals surface area contributed by atoms with E-state index in [-0.39, 0.29) is 5.91 Å². The van der Waals surface area contributed by atoms with Gasteiger partial charge in [-0.25, -0.2) is 4.98 Å². The molecule has 0 saturated carbocycles. The van der Waals surface area contributed by atoms with Crippen LogP contribution in [0.3, 0.4) is 0 Å². The molecular formula is C30H34ClN3O. The summed E-state index contributed by atoms with van der Waals surface area (Å²) in [6.07, 6.45) is 3.92. The lowest BCUT2D eigenvalue weighted by molar-refractivity contribution is 0.0953. The molecule has 1 aromatic heterocycles. The van der Waals surface area contributed by atoms with Crippen LogP contribution in [0.1, 0.15) is 63.3 Å². The number of halogens is 1. The summed E-state index contributed by atoms with van der Waals surface area (Å²) in [5, 5.41) is 3.64. The Balaban J connectivity index is 1.40. The number of para-hydroxylation sites is 2. The number of hydrogen-bond acceptors (Lipinski definition) is 2. The molecule has 3 aromatic carbocycles. The summed E-state index contributed by atoms with van der Waals surface area (Å²) in [7, 11) is 0. The Hall–Kier alpha value is -3.11. The molecule has 182 valence electrons. The smallest absolute Gasteiger partial charge is 0.251 e. The Morgan fingerprint density at radius 2 is 1.60 bits per heavy atom. The van der Waals surface area contributed by atoms with Crippen LogP contribution in [-0.4, -0.2) is 22.0 Å². The van der Waals surface area contributed by atoms with Gasteiger partial charge in [0.15, 0.2) is 0 Å². The average molecular weight is 488 g/mol. The molecule has 1 heterocycles. The summed E-state index contributed by atoms with van der Waals surface area (Å²) in [6, 6.07) is 17.7. The minimum atomic E-state index is -0.0531. The number of carbonyl (C=O) groups excluding carboxylic acids is 1. The maximum atomic E-state index is 12.3. The zero-order valence-corrected chi connectivity index (χ0v) is 21.9. The molecule has 0 radical (unpaired) electrons. The average Bonchev–Trinajstić information content (AvgIpc) is 3.20. The number of aromatic nitrogens is 2. The van der Waals surface area contributed by atoms with Gasteiger partial charge in [-0.15, -0.1) is 0 Å². The minimum absolute atomic E-state index is 0.0531. The van der Waals surface area contributed by atoms with Gasteiger partial charge in [-0.3, -0.25) is 4.79 Å². The van der Waals surface area contributed by atoms with E-state index in [9.17, 15) is 4.79 Å². The molecule has 0 spiro atoms. The molecule has 35 heavy (non-hydrogen) atoms. The largest absolute Gasteiger partial charge is 0.352 e. The van der Waals surface area contributed by atoms with Crippen LogP contribution in [0, 0.1) is 27.7 Å². The number of amides is 1. The SMILES string of the molecule is Cc1cc(C)c(C)c(Cn2c(CCCCCNC(=O)c3ccc(Cl)cc3)nc3ccccc32)c1C. The van der Waals surface area contributed by atoms with E-state index >= 15 is 0 Å². The molecule has 5 heteroatoms. The number of nitrogens with zero attached hydrogens (tertiary/aromatic N) is 2. The predicted octanol–water partition coefficient (Wildman–Crippen LogP) is 7.11. The van der Waals surface area contributed by atoms with Crippen molar-refractivity contribution in [1.29, 1.82) is 0 Å². The number of nitrogens with one attached hydrogen (secondary N) is 1. The molecule has 0 aliphatic rings. The fraction of sp³-hybridized carbons (Fsp3) is 0.333. The second-order valence-corrected chi connectivity index (χ2v) is 9.85. The third kappa shape index (κ3) is 5.76. The standard InChI is InChI=1S/C30H34ClN3O/c1-20-18-21(2)23(4)26(22(20)3)19-34-28-11-8-7-10-27(28)33-29(34)12-6-5-9-17-32-30(35)24-13-15-25(31)16-14-24/h7-8,10-11,13-16,18H,5-6,9,12,17,19H2,1-4H3,(H,32,35). The minimum Gasteiger partial charge on any atom is -0.352 e. The van der Waals surface area contributed by atoms with E-state index in [1.165, 1.54) is 33.3 Å². The highest BCUT2D eigenvalue weighted by atomic mass is 35.5. The Bertz CT molecular complexity index is 1310. The summed E-state index contributed by atoms with van der Waals surface area (Å²) in [4.78, 5) is 17.3. The Kier molecular flexibility index (Phi) is 7.92. The fourth-order valence-electron chi connectivity index (χ4n) is 4.68. The summed E-state index contributed by atoms with van der Waals surface area (Å²) in [5.41, 5.74) is 9.70. The van der Waals surface area contributed by atoms with Crippen LogP contribution in [0.2, 0.25) is 5.02 Å². The van der Waals surface area contributed by atoms with Crippen molar-refractivity contribution in [2.45, 2.75) is 59.9 Å². The van der Waals surface area contributed by atoms with Crippen molar-refractivity contribution in [3.63, 3.8) is 0 Å². The maximum Gasteiger partial charge on any atom is 0.251 e. The van der Waals surface area contributed by atoms with E-state index in [2.05, 4.69) is 67.9 Å². The van der Waals surface area contributed by atoms with E-state index in [4.69, 9.17) is 16.6 Å². The van der Waals surface area contributed by atoms with Gasteiger partial charge in [0.1, 0.15) is 5.82 Å². The highest BCUT2D eigenvalue weighted by Gasteiger charge is 2.15. The number of fused-ring (bicyclic) bond motifs is 1. The Morgan fingerprint density at radius 1 is 0.914 bits per heavy atom. The molecule has 0 aliphatic carbocycles. The molecular weight excluding hydrogens is 454 g/mol. The Labute approximate surface area is 213 Å². The first-order chi connectivity index (χ1) is 16.8. The fourth-order valence-corrected chi connectivity index (χ4v) is 4.80. The van der Waals surface area contributed by atoms with Crippen LogP contribution in [0.25, 0.3) is 11.0 Å². The summed E-state index contributed by atoms with van der Waals surface area (Å²) in [5.74, 6) is 1.08. The predicted molar refractivity (Wildman–Crippen MR) is 146 cm³/mol. The number of rotatable bonds is 9. The van der Waals surface area contributed by atoms with Crippen LogP contribution in [0.15, 0.2) is 54.6 Å². The third-order valence-corrected chi connectivity index (χ3v) is 7.29. The number of imidazole rings is 1. The van der Waals surface area contributed by atoms with Gasteiger partial charge < -0.3 is 9.88 Å². The molecule has 0 atom stereocenters. The highest BCUT2D eigenvalue weighted by molar-refractivity contribution is 6.30. The molecule has 0 unspecified atom stereocenters. The third-order valence-electron chi connectivity index (χ3n) is 7.04.